The van der Waals surface area contributed by atoms with Crippen molar-refractivity contribution in [3.63, 3.8) is 0 Å². The van der Waals surface area contributed by atoms with E-state index < -0.39 is 0 Å². The lowest BCUT2D eigenvalue weighted by molar-refractivity contribution is 0.680. The van der Waals surface area contributed by atoms with Crippen LogP contribution in [-0.4, -0.2) is 17.6 Å². The van der Waals surface area contributed by atoms with Gasteiger partial charge in [-0.3, -0.25) is 0 Å². The Morgan fingerprint density at radius 2 is 1.95 bits per heavy atom. The van der Waals surface area contributed by atoms with E-state index in [4.69, 9.17) is 4.98 Å². The molecule has 1 aliphatic carbocycles. The van der Waals surface area contributed by atoms with Crippen molar-refractivity contribution in [2.75, 3.05) is 6.54 Å². The highest BCUT2D eigenvalue weighted by Crippen LogP contribution is 2.26. The molecule has 1 heterocycles. The van der Waals surface area contributed by atoms with Crippen molar-refractivity contribution in [1.29, 1.82) is 0 Å². The fourth-order valence-corrected chi connectivity index (χ4v) is 3.39. The number of hydrogen-bond acceptors (Lipinski definition) is 3. The molecule has 2 aromatic carbocycles. The molecule has 1 aromatic heterocycles. The van der Waals surface area contributed by atoms with Gasteiger partial charge in [0.1, 0.15) is 0 Å². The van der Waals surface area contributed by atoms with Crippen LogP contribution in [-0.2, 0) is 6.42 Å². The Kier molecular flexibility index (Phi) is 3.45. The van der Waals surface area contributed by atoms with Crippen LogP contribution in [0.5, 0.6) is 0 Å². The first-order chi connectivity index (χ1) is 10.4. The number of aromatic nitrogens is 1. The smallest absolute Gasteiger partial charge is 0.0945 e. The van der Waals surface area contributed by atoms with E-state index >= 15 is 0 Å². The molecule has 0 spiro atoms. The number of nitrogens with zero attached hydrogens (tertiary/aromatic N) is 1. The molecule has 0 saturated heterocycles. The van der Waals surface area contributed by atoms with E-state index in [9.17, 15) is 0 Å². The van der Waals surface area contributed by atoms with Crippen molar-refractivity contribution in [1.82, 2.24) is 10.3 Å². The summed E-state index contributed by atoms with van der Waals surface area (Å²) in [6.07, 6.45) is 3.73. The summed E-state index contributed by atoms with van der Waals surface area (Å²) in [5.41, 5.74) is 2.32. The molecular weight excluding hydrogens is 276 g/mol. The Morgan fingerprint density at radius 3 is 2.81 bits per heavy atom. The molecule has 0 radical (unpaired) electrons. The molecule has 0 amide bonds. The van der Waals surface area contributed by atoms with Crippen LogP contribution in [0.2, 0.25) is 0 Å². The second kappa shape index (κ2) is 5.58. The minimum absolute atomic E-state index is 0.782. The molecule has 106 valence electrons. The molecule has 0 unspecified atom stereocenters. The van der Waals surface area contributed by atoms with Crippen molar-refractivity contribution in [3.05, 3.63) is 52.9 Å². The largest absolute Gasteiger partial charge is 0.314 e. The first-order valence-electron chi connectivity index (χ1n) is 7.55. The number of hydrogen-bond donors (Lipinski definition) is 1. The van der Waals surface area contributed by atoms with Crippen molar-refractivity contribution >= 4 is 22.1 Å². The Balaban J connectivity index is 1.52. The Morgan fingerprint density at radius 1 is 1.10 bits per heavy atom. The normalized spacial score (nSPS) is 14.7. The fourth-order valence-electron chi connectivity index (χ4n) is 2.58. The summed E-state index contributed by atoms with van der Waals surface area (Å²) in [4.78, 5) is 4.78. The van der Waals surface area contributed by atoms with Gasteiger partial charge >= 0.3 is 0 Å². The monoisotopic (exact) mass is 294 g/mol. The zero-order chi connectivity index (χ0) is 14.1. The molecule has 1 aliphatic rings. The van der Waals surface area contributed by atoms with Crippen LogP contribution in [0.25, 0.3) is 22.0 Å². The molecule has 3 heteroatoms. The fraction of sp³-hybridized carbons (Fsp3) is 0.278. The minimum atomic E-state index is 0.782. The van der Waals surface area contributed by atoms with E-state index in [0.29, 0.717) is 0 Å². The summed E-state index contributed by atoms with van der Waals surface area (Å²) in [5, 5.41) is 9.51. The Hall–Kier alpha value is -1.71. The second-order valence-corrected chi connectivity index (χ2v) is 6.61. The van der Waals surface area contributed by atoms with Gasteiger partial charge in [0.25, 0.3) is 0 Å². The minimum Gasteiger partial charge on any atom is -0.314 e. The number of benzene rings is 2. The first kappa shape index (κ1) is 13.0. The molecule has 2 nitrogen and oxygen atoms in total. The number of thiazole rings is 1. The number of nitrogens with one attached hydrogen (secondary N) is 1. The summed E-state index contributed by atoms with van der Waals surface area (Å²) < 4.78 is 0. The number of fused-ring (bicyclic) bond motifs is 1. The van der Waals surface area contributed by atoms with Gasteiger partial charge < -0.3 is 5.32 Å². The zero-order valence-corrected chi connectivity index (χ0v) is 12.7. The van der Waals surface area contributed by atoms with Crippen LogP contribution in [0.4, 0.5) is 0 Å². The Bertz CT molecular complexity index is 759. The van der Waals surface area contributed by atoms with E-state index in [1.807, 2.05) is 0 Å². The molecule has 0 atom stereocenters. The van der Waals surface area contributed by atoms with Crippen LogP contribution < -0.4 is 5.32 Å². The van der Waals surface area contributed by atoms with Crippen LogP contribution >= 0.6 is 11.3 Å². The summed E-state index contributed by atoms with van der Waals surface area (Å²) >= 11 is 1.77. The predicted octanol–water partition coefficient (Wildman–Crippen LogP) is 4.26. The number of rotatable bonds is 5. The third-order valence-electron chi connectivity index (χ3n) is 3.95. The first-order valence-corrected chi connectivity index (χ1v) is 8.43. The van der Waals surface area contributed by atoms with E-state index in [1.54, 1.807) is 11.3 Å². The maximum atomic E-state index is 4.78. The van der Waals surface area contributed by atoms with E-state index in [1.165, 1.54) is 34.2 Å². The lowest BCUT2D eigenvalue weighted by Crippen LogP contribution is -2.19. The molecule has 1 saturated carbocycles. The molecule has 21 heavy (non-hydrogen) atoms. The van der Waals surface area contributed by atoms with Crippen molar-refractivity contribution < 1.29 is 0 Å². The van der Waals surface area contributed by atoms with E-state index in [0.717, 1.165) is 24.7 Å². The average molecular weight is 294 g/mol. The summed E-state index contributed by atoms with van der Waals surface area (Å²) in [6, 6.07) is 15.8. The average Bonchev–Trinajstić information content (AvgIpc) is 3.23. The maximum Gasteiger partial charge on any atom is 0.0945 e. The second-order valence-electron chi connectivity index (χ2n) is 5.67. The van der Waals surface area contributed by atoms with Crippen LogP contribution in [0.3, 0.4) is 0 Å². The van der Waals surface area contributed by atoms with Gasteiger partial charge in [-0.05, 0) is 29.7 Å². The van der Waals surface area contributed by atoms with Crippen LogP contribution in [0, 0.1) is 0 Å². The standard InChI is InChI=1S/C18H18N2S/c1-2-4-14-11-15(6-5-13(14)3-1)17-12-21-18(20-17)9-10-19-16-7-8-16/h1-6,11-12,16,19H,7-10H2. The third-order valence-corrected chi connectivity index (χ3v) is 4.85. The van der Waals surface area contributed by atoms with Gasteiger partial charge in [-0.25, -0.2) is 4.98 Å². The van der Waals surface area contributed by atoms with Gasteiger partial charge in [-0.15, -0.1) is 11.3 Å². The molecule has 0 aliphatic heterocycles. The topological polar surface area (TPSA) is 24.9 Å². The molecule has 1 fully saturated rings. The van der Waals surface area contributed by atoms with Gasteiger partial charge in [-0.2, -0.15) is 0 Å². The van der Waals surface area contributed by atoms with Crippen LogP contribution in [0.15, 0.2) is 47.8 Å². The summed E-state index contributed by atoms with van der Waals surface area (Å²) in [5.74, 6) is 0. The summed E-state index contributed by atoms with van der Waals surface area (Å²) in [7, 11) is 0. The quantitative estimate of drug-likeness (QED) is 0.760. The highest BCUT2D eigenvalue weighted by Gasteiger charge is 2.19. The van der Waals surface area contributed by atoms with Crippen molar-refractivity contribution in [2.24, 2.45) is 0 Å². The maximum absolute atomic E-state index is 4.78. The lowest BCUT2D eigenvalue weighted by atomic mass is 10.1. The van der Waals surface area contributed by atoms with Gasteiger partial charge in [0, 0.05) is 30.0 Å². The highest BCUT2D eigenvalue weighted by atomic mass is 32.1. The molecule has 0 bridgehead atoms. The Labute approximate surface area is 128 Å². The van der Waals surface area contributed by atoms with Crippen molar-refractivity contribution in [3.8, 4) is 11.3 Å². The van der Waals surface area contributed by atoms with Gasteiger partial charge in [0.05, 0.1) is 10.7 Å². The summed E-state index contributed by atoms with van der Waals surface area (Å²) in [6.45, 7) is 1.05. The highest BCUT2D eigenvalue weighted by molar-refractivity contribution is 7.09. The molecule has 1 N–H and O–H groups in total. The van der Waals surface area contributed by atoms with E-state index in [2.05, 4.69) is 53.2 Å². The SMILES string of the molecule is c1ccc2cc(-c3csc(CCNC4CC4)n3)ccc2c1. The molecular formula is C18H18N2S. The van der Waals surface area contributed by atoms with Crippen LogP contribution in [0.1, 0.15) is 17.8 Å². The van der Waals surface area contributed by atoms with Gasteiger partial charge in [0.15, 0.2) is 0 Å². The van der Waals surface area contributed by atoms with E-state index in [-0.39, 0.29) is 0 Å². The predicted molar refractivity (Wildman–Crippen MR) is 89.8 cm³/mol. The molecule has 3 aromatic rings. The van der Waals surface area contributed by atoms with Gasteiger partial charge in [0.2, 0.25) is 0 Å². The lowest BCUT2D eigenvalue weighted by Gasteiger charge is -2.01. The van der Waals surface area contributed by atoms with Crippen molar-refractivity contribution in [2.45, 2.75) is 25.3 Å². The zero-order valence-electron chi connectivity index (χ0n) is 11.9. The van der Waals surface area contributed by atoms with Gasteiger partial charge in [-0.1, -0.05) is 36.4 Å². The third kappa shape index (κ3) is 2.99. The molecule has 4 rings (SSSR count).